The van der Waals surface area contributed by atoms with Gasteiger partial charge in [-0.3, -0.25) is 0 Å². The van der Waals surface area contributed by atoms with Crippen molar-refractivity contribution in [1.82, 2.24) is 4.90 Å². The summed E-state index contributed by atoms with van der Waals surface area (Å²) >= 11 is 0. The number of aliphatic hydroxyl groups excluding tert-OH is 1. The number of nitrogens with zero attached hydrogens (tertiary/aromatic N) is 1. The Morgan fingerprint density at radius 1 is 1.43 bits per heavy atom. The number of aliphatic hydroxyl groups is 2. The predicted molar refractivity (Wildman–Crippen MR) is 99.2 cm³/mol. The quantitative estimate of drug-likeness (QED) is 0.745. The molecule has 0 saturated carbocycles. The highest BCUT2D eigenvalue weighted by Gasteiger charge is 2.72. The van der Waals surface area contributed by atoms with Crippen LogP contribution in [0.4, 0.5) is 0 Å². The topological polar surface area (TPSA) is 88.5 Å². The Balaban J connectivity index is 1.72. The summed E-state index contributed by atoms with van der Waals surface area (Å²) in [6, 6.07) is 3.90. The van der Waals surface area contributed by atoms with Gasteiger partial charge in [0.05, 0.1) is 18.1 Å². The predicted octanol–water partition coefficient (Wildman–Crippen LogP) is 0.897. The molecule has 2 bridgehead atoms. The van der Waals surface area contributed by atoms with Gasteiger partial charge >= 0.3 is 5.97 Å². The maximum atomic E-state index is 12.1. The van der Waals surface area contributed by atoms with E-state index in [4.69, 9.17) is 14.2 Å². The minimum Gasteiger partial charge on any atom is -0.493 e. The fourth-order valence-corrected chi connectivity index (χ4v) is 5.79. The van der Waals surface area contributed by atoms with Gasteiger partial charge in [0.15, 0.2) is 17.6 Å². The molecule has 5 atom stereocenters. The number of ether oxygens (including phenoxy) is 3. The normalized spacial score (nSPS) is 36.1. The van der Waals surface area contributed by atoms with Crippen LogP contribution in [0.15, 0.2) is 24.0 Å². The number of esters is 1. The van der Waals surface area contributed by atoms with Gasteiger partial charge in [0.25, 0.3) is 0 Å². The van der Waals surface area contributed by atoms with Crippen molar-refractivity contribution in [2.45, 2.75) is 55.5 Å². The molecular weight excluding hydrogens is 362 g/mol. The maximum absolute atomic E-state index is 12.1. The van der Waals surface area contributed by atoms with Gasteiger partial charge in [-0.05, 0) is 51.1 Å². The third kappa shape index (κ3) is 1.97. The van der Waals surface area contributed by atoms with Crippen LogP contribution >= 0.6 is 0 Å². The summed E-state index contributed by atoms with van der Waals surface area (Å²) in [5.74, 6) is 0.890. The van der Waals surface area contributed by atoms with Gasteiger partial charge < -0.3 is 29.3 Å². The Labute approximate surface area is 163 Å². The van der Waals surface area contributed by atoms with Crippen LogP contribution < -0.4 is 9.47 Å². The highest BCUT2D eigenvalue weighted by atomic mass is 16.6. The number of methoxy groups -OCH3 is 1. The van der Waals surface area contributed by atoms with Crippen LogP contribution in [0.1, 0.15) is 30.9 Å². The molecule has 4 aliphatic rings. The van der Waals surface area contributed by atoms with Crippen molar-refractivity contribution in [3.05, 3.63) is 35.1 Å². The molecule has 1 fully saturated rings. The molecule has 2 aliphatic heterocycles. The lowest BCUT2D eigenvalue weighted by atomic mass is 9.50. The molecule has 0 amide bonds. The van der Waals surface area contributed by atoms with Crippen LogP contribution in [0.2, 0.25) is 0 Å². The minimum atomic E-state index is -1.23. The summed E-state index contributed by atoms with van der Waals surface area (Å²) in [5.41, 5.74) is 0.394. The van der Waals surface area contributed by atoms with E-state index >= 15 is 0 Å². The molecule has 5 rings (SSSR count). The third-order valence-corrected chi connectivity index (χ3v) is 7.12. The van der Waals surface area contributed by atoms with Crippen molar-refractivity contribution in [3.63, 3.8) is 0 Å². The Hall–Kier alpha value is -2.09. The first-order valence-electron chi connectivity index (χ1n) is 9.73. The van der Waals surface area contributed by atoms with E-state index in [0.29, 0.717) is 30.1 Å². The molecule has 2 N–H and O–H groups in total. The first-order valence-corrected chi connectivity index (χ1v) is 9.73. The Morgan fingerprint density at radius 2 is 2.21 bits per heavy atom. The van der Waals surface area contributed by atoms with Crippen LogP contribution in [0.3, 0.4) is 0 Å². The van der Waals surface area contributed by atoms with Gasteiger partial charge in [-0.1, -0.05) is 6.07 Å². The van der Waals surface area contributed by atoms with E-state index in [1.54, 1.807) is 13.2 Å². The molecule has 2 heterocycles. The fraction of sp³-hybridized carbons (Fsp3) is 0.571. The second kappa shape index (κ2) is 5.72. The maximum Gasteiger partial charge on any atom is 0.339 e. The first-order chi connectivity index (χ1) is 13.3. The molecule has 2 aliphatic carbocycles. The zero-order chi connectivity index (χ0) is 19.8. The lowest BCUT2D eigenvalue weighted by Gasteiger charge is -2.61. The highest BCUT2D eigenvalue weighted by Crippen LogP contribution is 2.65. The second-order valence-corrected chi connectivity index (χ2v) is 8.38. The van der Waals surface area contributed by atoms with Crippen LogP contribution in [0.25, 0.3) is 0 Å². The number of rotatable bonds is 3. The molecule has 1 aromatic rings. The molecule has 0 aromatic heterocycles. The molecule has 150 valence electrons. The van der Waals surface area contributed by atoms with E-state index in [1.807, 2.05) is 13.1 Å². The standard InChI is InChI=1S/C21H25NO6/c1-11(23)19(24)27-14-6-7-21(25)15-10-12-4-5-13(26-3)17-16(12)20(21,18(14)28-17)8-9-22(15)2/h4-6,11,15,18,23,25H,7-10H2,1-3H3/t11-,15-,18+,20+,21-/m0/s1. The molecule has 1 saturated heterocycles. The molecule has 0 unspecified atom stereocenters. The van der Waals surface area contributed by atoms with Gasteiger partial charge in [0.2, 0.25) is 0 Å². The monoisotopic (exact) mass is 387 g/mol. The van der Waals surface area contributed by atoms with Gasteiger partial charge in [-0.15, -0.1) is 0 Å². The number of hydrogen-bond donors (Lipinski definition) is 2. The van der Waals surface area contributed by atoms with Gasteiger partial charge in [0, 0.05) is 18.0 Å². The van der Waals surface area contributed by atoms with Gasteiger partial charge in [-0.25, -0.2) is 4.79 Å². The SMILES string of the molecule is COc1ccc2c3c1O[C@@H]1C(OC(=O)[C@H](C)O)=CC[C@]4(O)[C@H](C2)N(C)CC[C@@]314. The summed E-state index contributed by atoms with van der Waals surface area (Å²) in [4.78, 5) is 14.3. The van der Waals surface area contributed by atoms with E-state index in [0.717, 1.165) is 24.1 Å². The summed E-state index contributed by atoms with van der Waals surface area (Å²) in [7, 11) is 3.64. The molecule has 1 spiro atoms. The number of likely N-dealkylation sites (tertiary alicyclic amines) is 1. The number of likely N-dealkylation sites (N-methyl/N-ethyl adjacent to an activating group) is 1. The van der Waals surface area contributed by atoms with Crippen LogP contribution in [-0.2, 0) is 21.4 Å². The lowest BCUT2D eigenvalue weighted by Crippen LogP contribution is -2.74. The molecule has 0 radical (unpaired) electrons. The number of hydrogen-bond acceptors (Lipinski definition) is 7. The van der Waals surface area contributed by atoms with Crippen molar-refractivity contribution in [3.8, 4) is 11.5 Å². The average molecular weight is 387 g/mol. The summed E-state index contributed by atoms with van der Waals surface area (Å²) in [5, 5.41) is 21.6. The van der Waals surface area contributed by atoms with E-state index in [2.05, 4.69) is 11.0 Å². The van der Waals surface area contributed by atoms with Gasteiger partial charge in [0.1, 0.15) is 11.9 Å². The van der Waals surface area contributed by atoms with E-state index in [-0.39, 0.29) is 6.04 Å². The molecule has 7 nitrogen and oxygen atoms in total. The highest BCUT2D eigenvalue weighted by molar-refractivity contribution is 5.75. The summed E-state index contributed by atoms with van der Waals surface area (Å²) < 4.78 is 17.4. The number of carbonyl (C=O) groups excluding carboxylic acids is 1. The number of benzene rings is 1. The van der Waals surface area contributed by atoms with Gasteiger partial charge in [-0.2, -0.15) is 0 Å². The Bertz CT molecular complexity index is 895. The zero-order valence-corrected chi connectivity index (χ0v) is 16.3. The van der Waals surface area contributed by atoms with E-state index in [1.165, 1.54) is 6.92 Å². The van der Waals surface area contributed by atoms with Crippen molar-refractivity contribution < 1.29 is 29.2 Å². The largest absolute Gasteiger partial charge is 0.493 e. The second-order valence-electron chi connectivity index (χ2n) is 8.38. The van der Waals surface area contributed by atoms with Crippen molar-refractivity contribution in [1.29, 1.82) is 0 Å². The van der Waals surface area contributed by atoms with Crippen molar-refractivity contribution >= 4 is 5.97 Å². The molecule has 7 heteroatoms. The summed E-state index contributed by atoms with van der Waals surface area (Å²) in [6.07, 6.45) is 1.66. The first kappa shape index (κ1) is 18.0. The Morgan fingerprint density at radius 3 is 2.93 bits per heavy atom. The van der Waals surface area contributed by atoms with Crippen molar-refractivity contribution in [2.75, 3.05) is 20.7 Å². The molecular formula is C21H25NO6. The average Bonchev–Trinajstić information content (AvgIpc) is 3.02. The Kier molecular flexibility index (Phi) is 3.67. The summed E-state index contributed by atoms with van der Waals surface area (Å²) in [6.45, 7) is 2.18. The lowest BCUT2D eigenvalue weighted by molar-refractivity contribution is -0.171. The fourth-order valence-electron chi connectivity index (χ4n) is 5.79. The van der Waals surface area contributed by atoms with E-state index < -0.39 is 29.2 Å². The number of carbonyl (C=O) groups is 1. The van der Waals surface area contributed by atoms with E-state index in [9.17, 15) is 15.0 Å². The molecule has 1 aromatic carbocycles. The van der Waals surface area contributed by atoms with Crippen LogP contribution in [0.5, 0.6) is 11.5 Å². The minimum absolute atomic E-state index is 0.0514. The van der Waals surface area contributed by atoms with Crippen LogP contribution in [0, 0.1) is 0 Å². The number of piperidine rings is 1. The zero-order valence-electron chi connectivity index (χ0n) is 16.3. The van der Waals surface area contributed by atoms with Crippen molar-refractivity contribution in [2.24, 2.45) is 0 Å². The smallest absolute Gasteiger partial charge is 0.339 e. The molecule has 28 heavy (non-hydrogen) atoms. The third-order valence-electron chi connectivity index (χ3n) is 7.12. The van der Waals surface area contributed by atoms with Crippen LogP contribution in [-0.4, -0.2) is 65.6 Å².